The molecular weight excluding hydrogens is 495 g/mol. The molecule has 3 heterocycles. The molecule has 1 N–H and O–H groups in total. The Balaban J connectivity index is 1.88. The van der Waals surface area contributed by atoms with Crippen molar-refractivity contribution in [3.8, 4) is 22.9 Å². The lowest BCUT2D eigenvalue weighted by atomic mass is 10.0. The summed E-state index contributed by atoms with van der Waals surface area (Å²) in [4.78, 5) is 20.5. The fourth-order valence-electron chi connectivity index (χ4n) is 4.54. The predicted molar refractivity (Wildman–Crippen MR) is 140 cm³/mol. The van der Waals surface area contributed by atoms with Crippen molar-refractivity contribution in [1.82, 2.24) is 14.5 Å². The number of nitrogens with zero attached hydrogens (tertiary/aromatic N) is 3. The van der Waals surface area contributed by atoms with Crippen LogP contribution in [0.15, 0.2) is 58.5 Å². The van der Waals surface area contributed by atoms with E-state index in [2.05, 4.69) is 16.0 Å². The number of aromatic nitrogens is 3. The third-order valence-corrected chi connectivity index (χ3v) is 7.02. The molecule has 0 aliphatic carbocycles. The Morgan fingerprint density at radius 1 is 1.16 bits per heavy atom. The molecule has 0 aliphatic rings. The first kappa shape index (κ1) is 24.5. The highest BCUT2D eigenvalue weighted by atomic mass is 32.3. The second-order valence-electron chi connectivity index (χ2n) is 9.21. The molecule has 37 heavy (non-hydrogen) atoms. The summed E-state index contributed by atoms with van der Waals surface area (Å²) in [5, 5.41) is 10.9. The average Bonchev–Trinajstić information content (AvgIpc) is 3.25. The van der Waals surface area contributed by atoms with E-state index in [1.807, 2.05) is 25.3 Å². The molecule has 0 saturated heterocycles. The van der Waals surface area contributed by atoms with Gasteiger partial charge in [-0.3, -0.25) is 9.78 Å². The van der Waals surface area contributed by atoms with Gasteiger partial charge >= 0.3 is 10.2 Å². The molecule has 0 aliphatic heterocycles. The van der Waals surface area contributed by atoms with Gasteiger partial charge in [-0.15, -0.1) is 3.89 Å². The van der Waals surface area contributed by atoms with Gasteiger partial charge in [0, 0.05) is 41.0 Å². The molecule has 8 nitrogen and oxygen atoms in total. The van der Waals surface area contributed by atoms with Crippen molar-refractivity contribution in [2.45, 2.75) is 32.2 Å². The first-order chi connectivity index (χ1) is 17.6. The Bertz CT molecular complexity index is 1920. The maximum Gasteiger partial charge on any atom is 0.333 e. The van der Waals surface area contributed by atoms with Crippen molar-refractivity contribution >= 4 is 43.1 Å². The number of fused-ring (bicyclic) bond motifs is 4. The van der Waals surface area contributed by atoms with Crippen molar-refractivity contribution in [3.63, 3.8) is 0 Å². The molecule has 0 saturated carbocycles. The number of ether oxygens (including phenoxy) is 1. The lowest BCUT2D eigenvalue weighted by Crippen LogP contribution is -2.12. The number of pyridine rings is 2. The lowest BCUT2D eigenvalue weighted by molar-refractivity contribution is 0.272. The highest BCUT2D eigenvalue weighted by Gasteiger charge is 2.21. The molecular formula is C27H23FN4O4S. The standard InChI is InChI=1S/C27H23FN4O4S/c1-4-32-23-9-20(17-8-18(13-30-12-17)37(28,34)35)24(36-14-15(2)3)10-21(23)26(33)25-19-6-5-16(11-29)7-22(19)31-27(25)32/h5-10,12-13,15,31H,4,14H2,1-3H3. The van der Waals surface area contributed by atoms with Crippen LogP contribution < -0.4 is 10.2 Å². The third kappa shape index (κ3) is 4.21. The van der Waals surface area contributed by atoms with E-state index in [1.54, 1.807) is 30.3 Å². The van der Waals surface area contributed by atoms with E-state index in [9.17, 15) is 22.4 Å². The molecule has 2 aromatic carbocycles. The zero-order valence-electron chi connectivity index (χ0n) is 20.4. The van der Waals surface area contributed by atoms with Gasteiger partial charge in [-0.1, -0.05) is 19.9 Å². The molecule has 0 spiro atoms. The van der Waals surface area contributed by atoms with Gasteiger partial charge in [0.2, 0.25) is 0 Å². The van der Waals surface area contributed by atoms with Crippen LogP contribution in [0.4, 0.5) is 3.89 Å². The van der Waals surface area contributed by atoms with Crippen LogP contribution in [0.5, 0.6) is 5.75 Å². The van der Waals surface area contributed by atoms with Crippen LogP contribution in [0.3, 0.4) is 0 Å². The smallest absolute Gasteiger partial charge is 0.333 e. The molecule has 0 radical (unpaired) electrons. The Morgan fingerprint density at radius 3 is 2.62 bits per heavy atom. The minimum Gasteiger partial charge on any atom is -0.493 e. The largest absolute Gasteiger partial charge is 0.493 e. The van der Waals surface area contributed by atoms with Crippen molar-refractivity contribution in [2.75, 3.05) is 6.61 Å². The van der Waals surface area contributed by atoms with Crippen LogP contribution in [0.25, 0.3) is 44.0 Å². The van der Waals surface area contributed by atoms with Crippen LogP contribution in [-0.4, -0.2) is 29.6 Å². The van der Waals surface area contributed by atoms with E-state index in [1.165, 1.54) is 12.3 Å². The van der Waals surface area contributed by atoms with E-state index in [4.69, 9.17) is 4.74 Å². The zero-order chi connectivity index (χ0) is 26.5. The van der Waals surface area contributed by atoms with Gasteiger partial charge in [-0.2, -0.15) is 13.7 Å². The molecule has 0 fully saturated rings. The van der Waals surface area contributed by atoms with E-state index in [-0.39, 0.29) is 11.3 Å². The maximum atomic E-state index is 13.8. The topological polar surface area (TPSA) is 118 Å². The number of rotatable bonds is 6. The van der Waals surface area contributed by atoms with Gasteiger partial charge < -0.3 is 14.3 Å². The number of halogens is 1. The van der Waals surface area contributed by atoms with Crippen LogP contribution in [0.2, 0.25) is 0 Å². The summed E-state index contributed by atoms with van der Waals surface area (Å²) in [6, 6.07) is 11.9. The van der Waals surface area contributed by atoms with Gasteiger partial charge in [0.15, 0.2) is 5.43 Å². The molecule has 5 aromatic rings. The first-order valence-corrected chi connectivity index (χ1v) is 13.1. The number of H-pyrrole nitrogens is 1. The molecule has 5 rings (SSSR count). The second kappa shape index (κ2) is 9.01. The summed E-state index contributed by atoms with van der Waals surface area (Å²) >= 11 is 0. The van der Waals surface area contributed by atoms with Crippen molar-refractivity contribution in [2.24, 2.45) is 5.92 Å². The van der Waals surface area contributed by atoms with Crippen LogP contribution in [0, 0.1) is 17.2 Å². The van der Waals surface area contributed by atoms with Crippen LogP contribution in [0.1, 0.15) is 26.3 Å². The fraction of sp³-hybridized carbons (Fsp3) is 0.222. The zero-order valence-corrected chi connectivity index (χ0v) is 21.2. The summed E-state index contributed by atoms with van der Waals surface area (Å²) in [6.07, 6.45) is 2.37. The van der Waals surface area contributed by atoms with E-state index >= 15 is 0 Å². The minimum absolute atomic E-state index is 0.178. The SMILES string of the molecule is CCn1c2cc(-c3cncc(S(=O)(=O)F)c3)c(OCC(C)C)cc2c(=O)c2c3ccc(C#N)cc3[nH]c21. The second-order valence-corrected chi connectivity index (χ2v) is 10.6. The molecule has 188 valence electrons. The van der Waals surface area contributed by atoms with Gasteiger partial charge in [0.1, 0.15) is 16.3 Å². The first-order valence-electron chi connectivity index (χ1n) is 11.7. The highest BCUT2D eigenvalue weighted by Crippen LogP contribution is 2.36. The Labute approximate surface area is 212 Å². The summed E-state index contributed by atoms with van der Waals surface area (Å²) in [6.45, 7) is 6.76. The Kier molecular flexibility index (Phi) is 5.96. The summed E-state index contributed by atoms with van der Waals surface area (Å²) in [7, 11) is -4.97. The van der Waals surface area contributed by atoms with E-state index in [0.29, 0.717) is 68.4 Å². The van der Waals surface area contributed by atoms with Crippen molar-refractivity contribution in [3.05, 3.63) is 64.6 Å². The van der Waals surface area contributed by atoms with Crippen LogP contribution in [-0.2, 0) is 16.8 Å². The number of aryl methyl sites for hydroxylation is 1. The minimum atomic E-state index is -4.97. The van der Waals surface area contributed by atoms with Gasteiger partial charge in [-0.05, 0) is 43.2 Å². The molecule has 10 heteroatoms. The van der Waals surface area contributed by atoms with Gasteiger partial charge in [0.25, 0.3) is 0 Å². The number of hydrogen-bond donors (Lipinski definition) is 1. The number of hydrogen-bond acceptors (Lipinski definition) is 6. The molecule has 0 bridgehead atoms. The third-order valence-electron chi connectivity index (χ3n) is 6.23. The molecule has 0 atom stereocenters. The maximum absolute atomic E-state index is 13.8. The summed E-state index contributed by atoms with van der Waals surface area (Å²) in [5.41, 5.74) is 2.95. The number of benzene rings is 2. The van der Waals surface area contributed by atoms with Crippen molar-refractivity contribution in [1.29, 1.82) is 5.26 Å². The summed E-state index contributed by atoms with van der Waals surface area (Å²) in [5.74, 6) is 0.541. The quantitative estimate of drug-likeness (QED) is 0.306. The monoisotopic (exact) mass is 518 g/mol. The molecule has 0 unspecified atom stereocenters. The number of aromatic amines is 1. The van der Waals surface area contributed by atoms with E-state index < -0.39 is 15.1 Å². The van der Waals surface area contributed by atoms with Gasteiger partial charge in [-0.25, -0.2) is 0 Å². The highest BCUT2D eigenvalue weighted by molar-refractivity contribution is 7.86. The molecule has 3 aromatic heterocycles. The lowest BCUT2D eigenvalue weighted by Gasteiger charge is -2.17. The Morgan fingerprint density at radius 2 is 1.95 bits per heavy atom. The normalized spacial score (nSPS) is 12.0. The van der Waals surface area contributed by atoms with Crippen molar-refractivity contribution < 1.29 is 17.0 Å². The van der Waals surface area contributed by atoms with Crippen LogP contribution >= 0.6 is 0 Å². The Hall–Kier alpha value is -4.23. The van der Waals surface area contributed by atoms with Gasteiger partial charge in [0.05, 0.1) is 34.5 Å². The average molecular weight is 519 g/mol. The predicted octanol–water partition coefficient (Wildman–Crippen LogP) is 5.28. The fourth-order valence-corrected chi connectivity index (χ4v) is 5.00. The number of nitriles is 1. The summed E-state index contributed by atoms with van der Waals surface area (Å²) < 4.78 is 44.8. The molecule has 0 amide bonds. The number of nitrogens with one attached hydrogen (secondary N) is 1. The van der Waals surface area contributed by atoms with E-state index in [0.717, 1.165) is 6.20 Å².